The van der Waals surface area contributed by atoms with Gasteiger partial charge in [0, 0.05) is 5.02 Å². The molecule has 0 unspecified atom stereocenters. The monoisotopic (exact) mass is 289 g/mol. The minimum atomic E-state index is -0.601. The summed E-state index contributed by atoms with van der Waals surface area (Å²) in [7, 11) is 0. The first-order valence-electron chi connectivity index (χ1n) is 5.93. The third-order valence-corrected chi connectivity index (χ3v) is 3.02. The first-order chi connectivity index (χ1) is 9.47. The quantitative estimate of drug-likeness (QED) is 0.477. The van der Waals surface area contributed by atoms with E-state index in [0.717, 1.165) is 0 Å². The first kappa shape index (κ1) is 14.2. The molecule has 0 aromatic heterocycles. The van der Waals surface area contributed by atoms with E-state index in [0.29, 0.717) is 27.4 Å². The summed E-state index contributed by atoms with van der Waals surface area (Å²) in [5.74, 6) is -0.668. The summed E-state index contributed by atoms with van der Waals surface area (Å²) in [6, 6.07) is 6.40. The van der Waals surface area contributed by atoms with Crippen molar-refractivity contribution in [1.29, 1.82) is 0 Å². The molecule has 2 rings (SSSR count). The maximum Gasteiger partial charge on any atom is 0.365 e. The topological polar surface area (TPSA) is 55.7 Å². The Kier molecular flexibility index (Phi) is 4.15. The van der Waals surface area contributed by atoms with E-state index in [9.17, 15) is 9.59 Å². The Morgan fingerprint density at radius 2 is 1.95 bits per heavy atom. The van der Waals surface area contributed by atoms with E-state index < -0.39 is 5.97 Å². The van der Waals surface area contributed by atoms with Gasteiger partial charge in [-0.2, -0.15) is 0 Å². The summed E-state index contributed by atoms with van der Waals surface area (Å²) in [4.78, 5) is 28.1. The Balaban J connectivity index is 2.15. The van der Waals surface area contributed by atoms with Crippen LogP contribution in [0.2, 0.25) is 5.02 Å². The second-order valence-corrected chi connectivity index (χ2v) is 4.82. The number of hydrogen-bond acceptors (Lipinski definition) is 4. The predicted molar refractivity (Wildman–Crippen MR) is 76.8 cm³/mol. The van der Waals surface area contributed by atoms with Crippen molar-refractivity contribution < 1.29 is 14.4 Å². The summed E-state index contributed by atoms with van der Waals surface area (Å²) in [6.45, 7) is 3.41. The molecule has 0 N–H and O–H groups in total. The molecule has 0 fully saturated rings. The van der Waals surface area contributed by atoms with Crippen molar-refractivity contribution in [3.8, 4) is 0 Å². The van der Waals surface area contributed by atoms with Crippen LogP contribution in [0.5, 0.6) is 0 Å². The number of benzene rings is 1. The van der Waals surface area contributed by atoms with Gasteiger partial charge in [-0.05, 0) is 55.3 Å². The molecule has 102 valence electrons. The van der Waals surface area contributed by atoms with E-state index in [1.165, 1.54) is 12.1 Å². The SMILES string of the molecule is CC1=C/C(=N/OC(=O)c2cccc(Cl)c2)C(C)=CC1=O. The van der Waals surface area contributed by atoms with Crippen molar-refractivity contribution in [2.24, 2.45) is 5.16 Å². The predicted octanol–water partition coefficient (Wildman–Crippen LogP) is 3.33. The number of carbonyl (C=O) groups is 2. The van der Waals surface area contributed by atoms with Gasteiger partial charge >= 0.3 is 5.97 Å². The molecule has 1 aliphatic carbocycles. The molecule has 20 heavy (non-hydrogen) atoms. The number of oxime groups is 1. The van der Waals surface area contributed by atoms with Crippen LogP contribution in [0.3, 0.4) is 0 Å². The Bertz CT molecular complexity index is 671. The Labute approximate surface area is 121 Å². The van der Waals surface area contributed by atoms with Crippen molar-refractivity contribution in [3.05, 3.63) is 58.1 Å². The van der Waals surface area contributed by atoms with Crippen LogP contribution in [0.4, 0.5) is 0 Å². The highest BCUT2D eigenvalue weighted by Crippen LogP contribution is 2.14. The summed E-state index contributed by atoms with van der Waals surface area (Å²) in [5, 5.41) is 4.23. The normalized spacial score (nSPS) is 16.8. The Morgan fingerprint density at radius 3 is 2.65 bits per heavy atom. The lowest BCUT2D eigenvalue weighted by atomic mass is 9.99. The molecule has 0 heterocycles. The van der Waals surface area contributed by atoms with Crippen LogP contribution >= 0.6 is 11.6 Å². The minimum absolute atomic E-state index is 0.0670. The number of halogens is 1. The molecule has 0 saturated heterocycles. The van der Waals surface area contributed by atoms with E-state index in [4.69, 9.17) is 16.4 Å². The lowest BCUT2D eigenvalue weighted by Crippen LogP contribution is -2.11. The largest absolute Gasteiger partial charge is 0.365 e. The second-order valence-electron chi connectivity index (χ2n) is 4.38. The molecule has 4 nitrogen and oxygen atoms in total. The maximum atomic E-state index is 11.8. The molecule has 0 saturated carbocycles. The van der Waals surface area contributed by atoms with Crippen LogP contribution in [0, 0.1) is 0 Å². The van der Waals surface area contributed by atoms with Crippen molar-refractivity contribution in [3.63, 3.8) is 0 Å². The minimum Gasteiger partial charge on any atom is -0.312 e. The third kappa shape index (κ3) is 3.22. The van der Waals surface area contributed by atoms with Gasteiger partial charge in [-0.25, -0.2) is 4.79 Å². The van der Waals surface area contributed by atoms with Crippen molar-refractivity contribution in [2.45, 2.75) is 13.8 Å². The van der Waals surface area contributed by atoms with E-state index in [1.807, 2.05) is 0 Å². The fourth-order valence-electron chi connectivity index (χ4n) is 1.63. The number of allylic oxidation sites excluding steroid dienone is 4. The standard InChI is InChI=1S/C15H12ClNO3/c1-9-7-14(18)10(2)6-13(9)17-20-15(19)11-4-3-5-12(16)8-11/h3-8H,1-2H3/b17-13-. The average molecular weight is 290 g/mol. The van der Waals surface area contributed by atoms with Crippen LogP contribution in [0.25, 0.3) is 0 Å². The lowest BCUT2D eigenvalue weighted by Gasteiger charge is -2.08. The van der Waals surface area contributed by atoms with Gasteiger partial charge < -0.3 is 4.84 Å². The number of ketones is 1. The molecule has 0 aliphatic heterocycles. The molecular formula is C15H12ClNO3. The zero-order chi connectivity index (χ0) is 14.7. The number of nitrogens with zero attached hydrogens (tertiary/aromatic N) is 1. The van der Waals surface area contributed by atoms with Crippen LogP contribution < -0.4 is 0 Å². The van der Waals surface area contributed by atoms with E-state index in [2.05, 4.69) is 5.16 Å². The maximum absolute atomic E-state index is 11.8. The van der Waals surface area contributed by atoms with Gasteiger partial charge in [0.2, 0.25) is 0 Å². The highest BCUT2D eigenvalue weighted by molar-refractivity contribution is 6.30. The molecule has 0 radical (unpaired) electrons. The Hall–Kier alpha value is -2.20. The summed E-state index contributed by atoms with van der Waals surface area (Å²) in [5.41, 5.74) is 1.97. The van der Waals surface area contributed by atoms with Gasteiger partial charge in [0.05, 0.1) is 5.56 Å². The van der Waals surface area contributed by atoms with E-state index >= 15 is 0 Å². The van der Waals surface area contributed by atoms with Crippen LogP contribution in [-0.2, 0) is 9.63 Å². The van der Waals surface area contributed by atoms with Gasteiger partial charge in [-0.1, -0.05) is 22.8 Å². The Morgan fingerprint density at radius 1 is 1.20 bits per heavy atom. The number of rotatable bonds is 2. The van der Waals surface area contributed by atoms with Crippen LogP contribution in [0.1, 0.15) is 24.2 Å². The highest BCUT2D eigenvalue weighted by Gasteiger charge is 2.14. The van der Waals surface area contributed by atoms with E-state index in [-0.39, 0.29) is 5.78 Å². The first-order valence-corrected chi connectivity index (χ1v) is 6.31. The third-order valence-electron chi connectivity index (χ3n) is 2.78. The summed E-state index contributed by atoms with van der Waals surface area (Å²) < 4.78 is 0. The average Bonchev–Trinajstić information content (AvgIpc) is 2.41. The van der Waals surface area contributed by atoms with Gasteiger partial charge in [-0.15, -0.1) is 0 Å². The fraction of sp³-hybridized carbons (Fsp3) is 0.133. The van der Waals surface area contributed by atoms with Crippen molar-refractivity contribution >= 4 is 29.1 Å². The molecular weight excluding hydrogens is 278 g/mol. The zero-order valence-electron chi connectivity index (χ0n) is 11.0. The molecule has 0 atom stereocenters. The highest BCUT2D eigenvalue weighted by atomic mass is 35.5. The molecule has 0 spiro atoms. The smallest absolute Gasteiger partial charge is 0.312 e. The molecule has 0 amide bonds. The molecule has 1 aromatic carbocycles. The lowest BCUT2D eigenvalue weighted by molar-refractivity contribution is -0.111. The van der Waals surface area contributed by atoms with E-state index in [1.54, 1.807) is 38.1 Å². The van der Waals surface area contributed by atoms with Gasteiger partial charge in [-0.3, -0.25) is 4.79 Å². The molecule has 5 heteroatoms. The number of hydrogen-bond donors (Lipinski definition) is 0. The fourth-order valence-corrected chi connectivity index (χ4v) is 1.82. The zero-order valence-corrected chi connectivity index (χ0v) is 11.8. The number of carbonyl (C=O) groups excluding carboxylic acids is 2. The van der Waals surface area contributed by atoms with Gasteiger partial charge in [0.15, 0.2) is 5.78 Å². The van der Waals surface area contributed by atoms with Gasteiger partial charge in [0.25, 0.3) is 0 Å². The van der Waals surface area contributed by atoms with Crippen LogP contribution in [0.15, 0.2) is 52.7 Å². The summed E-state index contributed by atoms with van der Waals surface area (Å²) >= 11 is 5.80. The van der Waals surface area contributed by atoms with Crippen LogP contribution in [-0.4, -0.2) is 17.5 Å². The van der Waals surface area contributed by atoms with Crippen molar-refractivity contribution in [1.82, 2.24) is 0 Å². The summed E-state index contributed by atoms with van der Waals surface area (Å²) in [6.07, 6.45) is 3.05. The second kappa shape index (κ2) is 5.84. The molecule has 1 aromatic rings. The molecule has 1 aliphatic rings. The molecule has 0 bridgehead atoms. The van der Waals surface area contributed by atoms with Crippen molar-refractivity contribution in [2.75, 3.05) is 0 Å². The van der Waals surface area contributed by atoms with Gasteiger partial charge in [0.1, 0.15) is 5.71 Å².